The number of carbonyl (C=O) groups excluding carboxylic acids is 1. The number of methoxy groups -OCH3 is 1. The van der Waals surface area contributed by atoms with Gasteiger partial charge in [-0.25, -0.2) is 14.6 Å². The minimum absolute atomic E-state index is 0.0873. The van der Waals surface area contributed by atoms with Crippen LogP contribution < -0.4 is 20.1 Å². The summed E-state index contributed by atoms with van der Waals surface area (Å²) in [4.78, 5) is 21.3. The summed E-state index contributed by atoms with van der Waals surface area (Å²) in [6, 6.07) is 11.0. The predicted molar refractivity (Wildman–Crippen MR) is 141 cm³/mol. The van der Waals surface area contributed by atoms with Crippen molar-refractivity contribution in [1.29, 1.82) is 0 Å². The van der Waals surface area contributed by atoms with Gasteiger partial charge in [-0.3, -0.25) is 4.79 Å². The summed E-state index contributed by atoms with van der Waals surface area (Å²) in [6.07, 6.45) is 3.28. The average molecular weight is 506 g/mol. The summed E-state index contributed by atoms with van der Waals surface area (Å²) in [5, 5.41) is 15.0. The van der Waals surface area contributed by atoms with Crippen LogP contribution in [-0.4, -0.2) is 57.8 Å². The second kappa shape index (κ2) is 12.1. The van der Waals surface area contributed by atoms with Crippen LogP contribution in [0.25, 0.3) is 10.9 Å². The molecule has 2 aromatic heterocycles. The zero-order valence-corrected chi connectivity index (χ0v) is 21.4. The number of aromatic nitrogens is 5. The van der Waals surface area contributed by atoms with Gasteiger partial charge < -0.3 is 24.8 Å². The van der Waals surface area contributed by atoms with Crippen molar-refractivity contribution in [3.05, 3.63) is 54.6 Å². The molecule has 0 aliphatic rings. The van der Waals surface area contributed by atoms with Crippen molar-refractivity contribution < 1.29 is 19.0 Å². The van der Waals surface area contributed by atoms with Crippen LogP contribution in [0.2, 0.25) is 0 Å². The van der Waals surface area contributed by atoms with Crippen LogP contribution in [0.15, 0.2) is 48.9 Å². The lowest BCUT2D eigenvalue weighted by atomic mass is 10.2. The second-order valence-electron chi connectivity index (χ2n) is 8.56. The summed E-state index contributed by atoms with van der Waals surface area (Å²) in [5.74, 6) is 1.93. The number of fused-ring (bicyclic) bond motifs is 1. The molecule has 2 heterocycles. The molecule has 0 spiro atoms. The molecule has 0 bridgehead atoms. The number of hydrogen-bond acceptors (Lipinski definition) is 9. The average Bonchev–Trinajstić information content (AvgIpc) is 3.34. The van der Waals surface area contributed by atoms with Crippen LogP contribution >= 0.6 is 0 Å². The van der Waals surface area contributed by atoms with Crippen LogP contribution in [-0.2, 0) is 16.1 Å². The van der Waals surface area contributed by atoms with E-state index in [1.54, 1.807) is 13.3 Å². The molecule has 0 fully saturated rings. The highest BCUT2D eigenvalue weighted by atomic mass is 16.5. The summed E-state index contributed by atoms with van der Waals surface area (Å²) < 4.78 is 18.2. The van der Waals surface area contributed by atoms with E-state index in [9.17, 15) is 4.79 Å². The lowest BCUT2D eigenvalue weighted by Gasteiger charge is -2.15. The normalized spacial score (nSPS) is 11.1. The topological polar surface area (TPSA) is 125 Å². The maximum absolute atomic E-state index is 12.4. The highest BCUT2D eigenvalue weighted by molar-refractivity contribution is 5.97. The Labute approximate surface area is 215 Å². The number of hydrogen-bond donors (Lipinski definition) is 2. The third-order valence-corrected chi connectivity index (χ3v) is 5.42. The number of benzene rings is 2. The van der Waals surface area contributed by atoms with Crippen LogP contribution in [0.1, 0.15) is 32.4 Å². The Morgan fingerprint density at radius 2 is 1.84 bits per heavy atom. The molecule has 194 valence electrons. The van der Waals surface area contributed by atoms with Crippen molar-refractivity contribution in [2.45, 2.75) is 33.2 Å². The van der Waals surface area contributed by atoms with E-state index >= 15 is 0 Å². The molecule has 0 atom stereocenters. The number of amides is 1. The lowest BCUT2D eigenvalue weighted by molar-refractivity contribution is -0.116. The highest BCUT2D eigenvalue weighted by Gasteiger charge is 2.14. The molecule has 2 aromatic carbocycles. The van der Waals surface area contributed by atoms with Gasteiger partial charge in [-0.2, -0.15) is 0 Å². The van der Waals surface area contributed by atoms with Crippen LogP contribution in [0.4, 0.5) is 17.2 Å². The molecule has 4 aromatic rings. The summed E-state index contributed by atoms with van der Waals surface area (Å²) in [7, 11) is 1.63. The molecule has 4 rings (SSSR count). The molecule has 0 saturated heterocycles. The predicted octanol–water partition coefficient (Wildman–Crippen LogP) is 4.15. The number of anilines is 3. The number of rotatable bonds is 12. The molecule has 0 unspecified atom stereocenters. The Morgan fingerprint density at radius 1 is 1.05 bits per heavy atom. The Hall–Kier alpha value is -4.25. The van der Waals surface area contributed by atoms with Gasteiger partial charge in [0.1, 0.15) is 36.8 Å². The van der Waals surface area contributed by atoms with Crippen LogP contribution in [0.5, 0.6) is 11.5 Å². The molecular formula is C26H31N7O4. The molecule has 37 heavy (non-hydrogen) atoms. The van der Waals surface area contributed by atoms with E-state index in [4.69, 9.17) is 14.2 Å². The second-order valence-corrected chi connectivity index (χ2v) is 8.56. The molecule has 0 aliphatic heterocycles. The number of nitrogens with zero attached hydrogens (tertiary/aromatic N) is 5. The SMILES string of the molecule is CCOc1cc(OCCOC)cc2ncnc(Nc3ccc(NC(=O)Cn4cc(C(C)C)nn4)cc3)c12. The van der Waals surface area contributed by atoms with Gasteiger partial charge in [0.2, 0.25) is 5.91 Å². The van der Waals surface area contributed by atoms with E-state index in [1.807, 2.05) is 57.2 Å². The van der Waals surface area contributed by atoms with E-state index in [1.165, 1.54) is 11.0 Å². The van der Waals surface area contributed by atoms with E-state index in [-0.39, 0.29) is 18.4 Å². The fraction of sp³-hybridized carbons (Fsp3) is 0.346. The van der Waals surface area contributed by atoms with Gasteiger partial charge >= 0.3 is 0 Å². The van der Waals surface area contributed by atoms with Crippen molar-refractivity contribution in [3.8, 4) is 11.5 Å². The molecule has 11 nitrogen and oxygen atoms in total. The Balaban J connectivity index is 1.46. The summed E-state index contributed by atoms with van der Waals surface area (Å²) in [6.45, 7) is 7.44. The summed E-state index contributed by atoms with van der Waals surface area (Å²) >= 11 is 0. The lowest BCUT2D eigenvalue weighted by Crippen LogP contribution is -2.19. The van der Waals surface area contributed by atoms with E-state index in [0.29, 0.717) is 48.3 Å². The molecular weight excluding hydrogens is 474 g/mol. The molecule has 0 aliphatic carbocycles. The number of carbonyl (C=O) groups is 1. The first-order valence-corrected chi connectivity index (χ1v) is 12.1. The Morgan fingerprint density at radius 3 is 2.54 bits per heavy atom. The fourth-order valence-electron chi connectivity index (χ4n) is 3.60. The first-order valence-electron chi connectivity index (χ1n) is 12.1. The van der Waals surface area contributed by atoms with Crippen molar-refractivity contribution >= 4 is 34.0 Å². The quantitative estimate of drug-likeness (QED) is 0.273. The van der Waals surface area contributed by atoms with Gasteiger partial charge in [0.15, 0.2) is 0 Å². The molecule has 0 saturated carbocycles. The van der Waals surface area contributed by atoms with E-state index < -0.39 is 0 Å². The van der Waals surface area contributed by atoms with Gasteiger partial charge in [-0.05, 0) is 37.1 Å². The molecule has 11 heteroatoms. The molecule has 2 N–H and O–H groups in total. The van der Waals surface area contributed by atoms with Gasteiger partial charge in [0, 0.05) is 36.8 Å². The highest BCUT2D eigenvalue weighted by Crippen LogP contribution is 2.35. The van der Waals surface area contributed by atoms with Crippen molar-refractivity contribution in [2.75, 3.05) is 37.6 Å². The fourth-order valence-corrected chi connectivity index (χ4v) is 3.60. The smallest absolute Gasteiger partial charge is 0.246 e. The standard InChI is InChI=1S/C26H31N7O4/c1-5-36-23-13-20(37-11-10-35-4)12-21-25(23)26(28-16-27-21)30-19-8-6-18(7-9-19)29-24(34)15-33-14-22(17(2)3)31-32-33/h6-9,12-14,16-17H,5,10-11,15H2,1-4H3,(H,29,34)(H,27,28,30). The number of nitrogens with one attached hydrogen (secondary N) is 2. The maximum Gasteiger partial charge on any atom is 0.246 e. The monoisotopic (exact) mass is 505 g/mol. The largest absolute Gasteiger partial charge is 0.493 e. The Kier molecular flexibility index (Phi) is 8.47. The molecule has 1 amide bonds. The van der Waals surface area contributed by atoms with Crippen LogP contribution in [0, 0.1) is 0 Å². The zero-order valence-electron chi connectivity index (χ0n) is 21.4. The van der Waals surface area contributed by atoms with E-state index in [0.717, 1.165) is 16.8 Å². The summed E-state index contributed by atoms with van der Waals surface area (Å²) in [5.41, 5.74) is 3.00. The van der Waals surface area contributed by atoms with Crippen molar-refractivity contribution in [1.82, 2.24) is 25.0 Å². The van der Waals surface area contributed by atoms with Gasteiger partial charge in [-0.1, -0.05) is 19.1 Å². The van der Waals surface area contributed by atoms with Gasteiger partial charge in [0.05, 0.1) is 29.8 Å². The minimum atomic E-state index is -0.187. The third-order valence-electron chi connectivity index (χ3n) is 5.42. The zero-order chi connectivity index (χ0) is 26.2. The Bertz CT molecular complexity index is 1340. The van der Waals surface area contributed by atoms with Crippen molar-refractivity contribution in [3.63, 3.8) is 0 Å². The molecule has 0 radical (unpaired) electrons. The van der Waals surface area contributed by atoms with Gasteiger partial charge in [0.25, 0.3) is 0 Å². The first kappa shape index (κ1) is 25.8. The van der Waals surface area contributed by atoms with Crippen LogP contribution in [0.3, 0.4) is 0 Å². The third kappa shape index (κ3) is 6.70. The minimum Gasteiger partial charge on any atom is -0.493 e. The van der Waals surface area contributed by atoms with E-state index in [2.05, 4.69) is 30.9 Å². The first-order chi connectivity index (χ1) is 18.0. The van der Waals surface area contributed by atoms with Crippen molar-refractivity contribution in [2.24, 2.45) is 0 Å². The van der Waals surface area contributed by atoms with Gasteiger partial charge in [-0.15, -0.1) is 5.10 Å². The maximum atomic E-state index is 12.4. The number of ether oxygens (including phenoxy) is 3.